The molecule has 6 heteroatoms. The van der Waals surface area contributed by atoms with E-state index in [0.717, 1.165) is 6.42 Å². The summed E-state index contributed by atoms with van der Waals surface area (Å²) in [6.45, 7) is 0. The molecule has 112 valence electrons. The van der Waals surface area contributed by atoms with Crippen LogP contribution in [0, 0.1) is 0 Å². The van der Waals surface area contributed by atoms with E-state index in [4.69, 9.17) is 28.3 Å². The number of carbonyl (C=O) groups excluding carboxylic acids is 1. The minimum atomic E-state index is -0.903. The van der Waals surface area contributed by atoms with E-state index < -0.39 is 11.5 Å². The van der Waals surface area contributed by atoms with Gasteiger partial charge in [0, 0.05) is 16.1 Å². The molecule has 0 aliphatic heterocycles. The number of amides is 1. The first kappa shape index (κ1) is 15.9. The molecule has 4 nitrogen and oxygen atoms in total. The minimum Gasteiger partial charge on any atom is -0.481 e. The highest BCUT2D eigenvalue weighted by atomic mass is 35.5. The minimum absolute atomic E-state index is 0.0473. The molecule has 0 unspecified atom stereocenters. The average Bonchev–Trinajstić information content (AvgIpc) is 2.34. The van der Waals surface area contributed by atoms with E-state index in [1.165, 1.54) is 6.08 Å². The van der Waals surface area contributed by atoms with Crippen LogP contribution >= 0.6 is 23.2 Å². The van der Waals surface area contributed by atoms with Crippen molar-refractivity contribution in [3.05, 3.63) is 39.9 Å². The Morgan fingerprint density at radius 3 is 2.57 bits per heavy atom. The molecule has 21 heavy (non-hydrogen) atoms. The van der Waals surface area contributed by atoms with E-state index in [2.05, 4.69) is 5.32 Å². The van der Waals surface area contributed by atoms with Gasteiger partial charge >= 0.3 is 5.97 Å². The normalized spacial score (nSPS) is 16.5. The SMILES string of the molecule is O=C(O)CC1(NC(=O)C=Cc2ccc(Cl)cc2Cl)CCC1. The van der Waals surface area contributed by atoms with E-state index in [9.17, 15) is 9.59 Å². The van der Waals surface area contributed by atoms with Crippen LogP contribution in [0.5, 0.6) is 0 Å². The number of benzene rings is 1. The van der Waals surface area contributed by atoms with Crippen LogP contribution in [-0.4, -0.2) is 22.5 Å². The molecule has 1 aliphatic rings. The Balaban J connectivity index is 2.00. The van der Waals surface area contributed by atoms with E-state index >= 15 is 0 Å². The van der Waals surface area contributed by atoms with Crippen molar-refractivity contribution in [2.45, 2.75) is 31.2 Å². The molecular formula is C15H15Cl2NO3. The summed E-state index contributed by atoms with van der Waals surface area (Å²) in [5.41, 5.74) is 0.0777. The van der Waals surface area contributed by atoms with Gasteiger partial charge in [-0.2, -0.15) is 0 Å². The van der Waals surface area contributed by atoms with Crippen molar-refractivity contribution < 1.29 is 14.7 Å². The first-order valence-corrected chi connectivity index (χ1v) is 7.33. The number of rotatable bonds is 5. The van der Waals surface area contributed by atoms with Gasteiger partial charge in [0.1, 0.15) is 0 Å². The fourth-order valence-electron chi connectivity index (χ4n) is 2.34. The number of aliphatic carboxylic acids is 1. The fourth-order valence-corrected chi connectivity index (χ4v) is 2.82. The van der Waals surface area contributed by atoms with Crippen LogP contribution in [0.1, 0.15) is 31.2 Å². The quantitative estimate of drug-likeness (QED) is 0.813. The molecule has 1 aliphatic carbocycles. The summed E-state index contributed by atoms with van der Waals surface area (Å²) in [5, 5.41) is 12.7. The smallest absolute Gasteiger partial charge is 0.305 e. The van der Waals surface area contributed by atoms with Crippen LogP contribution in [0.4, 0.5) is 0 Å². The van der Waals surface area contributed by atoms with Crippen LogP contribution in [0.15, 0.2) is 24.3 Å². The lowest BCUT2D eigenvalue weighted by molar-refractivity contribution is -0.140. The standard InChI is InChI=1S/C15H15Cl2NO3/c16-11-4-2-10(12(17)8-11)3-5-13(19)18-15(6-1-7-15)9-14(20)21/h2-5,8H,1,6-7,9H2,(H,18,19)(H,20,21). The van der Waals surface area contributed by atoms with E-state index in [1.54, 1.807) is 24.3 Å². The second-order valence-electron chi connectivity index (χ2n) is 5.19. The number of carbonyl (C=O) groups is 2. The Hall–Kier alpha value is -1.52. The lowest BCUT2D eigenvalue weighted by Crippen LogP contribution is -2.54. The number of halogens is 2. The van der Waals surface area contributed by atoms with Crippen molar-refractivity contribution in [2.24, 2.45) is 0 Å². The average molecular weight is 328 g/mol. The molecule has 2 rings (SSSR count). The monoisotopic (exact) mass is 327 g/mol. The van der Waals surface area contributed by atoms with Gasteiger partial charge in [0.2, 0.25) is 5.91 Å². The van der Waals surface area contributed by atoms with Crippen LogP contribution in [0.2, 0.25) is 10.0 Å². The molecule has 1 saturated carbocycles. The summed E-state index contributed by atoms with van der Waals surface area (Å²) in [6.07, 6.45) is 5.22. The maximum Gasteiger partial charge on any atom is 0.305 e. The van der Waals surface area contributed by atoms with E-state index in [0.29, 0.717) is 28.5 Å². The number of hydrogen-bond donors (Lipinski definition) is 2. The molecule has 0 bridgehead atoms. The van der Waals surface area contributed by atoms with Gasteiger partial charge in [-0.1, -0.05) is 29.3 Å². The Bertz CT molecular complexity index is 595. The van der Waals surface area contributed by atoms with Crippen molar-refractivity contribution in [2.75, 3.05) is 0 Å². The topological polar surface area (TPSA) is 66.4 Å². The van der Waals surface area contributed by atoms with Crippen molar-refractivity contribution >= 4 is 41.2 Å². The maximum atomic E-state index is 11.9. The van der Waals surface area contributed by atoms with E-state index in [-0.39, 0.29) is 12.3 Å². The molecule has 0 radical (unpaired) electrons. The largest absolute Gasteiger partial charge is 0.481 e. The molecular weight excluding hydrogens is 313 g/mol. The molecule has 1 fully saturated rings. The van der Waals surface area contributed by atoms with Crippen molar-refractivity contribution in [3.8, 4) is 0 Å². The Morgan fingerprint density at radius 2 is 2.05 bits per heavy atom. The Labute approximate surface area is 132 Å². The summed E-state index contributed by atoms with van der Waals surface area (Å²) in [5.74, 6) is -1.22. The Kier molecular flexibility index (Phi) is 4.91. The maximum absolute atomic E-state index is 11.9. The summed E-state index contributed by atoms with van der Waals surface area (Å²) in [6, 6.07) is 4.99. The van der Waals surface area contributed by atoms with Gasteiger partial charge in [-0.05, 0) is 43.0 Å². The summed E-state index contributed by atoms with van der Waals surface area (Å²) < 4.78 is 0. The molecule has 0 spiro atoms. The summed E-state index contributed by atoms with van der Waals surface area (Å²) in [4.78, 5) is 22.8. The second-order valence-corrected chi connectivity index (χ2v) is 6.04. The lowest BCUT2D eigenvalue weighted by Gasteiger charge is -2.41. The van der Waals surface area contributed by atoms with Gasteiger partial charge in [-0.25, -0.2) is 0 Å². The van der Waals surface area contributed by atoms with Crippen molar-refractivity contribution in [1.82, 2.24) is 5.32 Å². The number of carboxylic acid groups (broad SMARTS) is 1. The zero-order valence-electron chi connectivity index (χ0n) is 11.2. The number of carboxylic acids is 1. The van der Waals surface area contributed by atoms with Gasteiger partial charge in [-0.3, -0.25) is 9.59 Å². The highest BCUT2D eigenvalue weighted by Crippen LogP contribution is 2.34. The number of nitrogens with one attached hydrogen (secondary N) is 1. The molecule has 0 heterocycles. The molecule has 1 aromatic carbocycles. The highest BCUT2D eigenvalue weighted by molar-refractivity contribution is 6.35. The van der Waals surface area contributed by atoms with Gasteiger partial charge in [0.05, 0.1) is 12.0 Å². The van der Waals surface area contributed by atoms with Crippen LogP contribution in [-0.2, 0) is 9.59 Å². The second kappa shape index (κ2) is 6.50. The molecule has 2 N–H and O–H groups in total. The van der Waals surface area contributed by atoms with Crippen LogP contribution in [0.3, 0.4) is 0 Å². The highest BCUT2D eigenvalue weighted by Gasteiger charge is 2.39. The van der Waals surface area contributed by atoms with Gasteiger partial charge in [0.25, 0.3) is 0 Å². The summed E-state index contributed by atoms with van der Waals surface area (Å²) in [7, 11) is 0. The third kappa shape index (κ3) is 4.22. The first-order chi connectivity index (χ1) is 9.90. The zero-order chi connectivity index (χ0) is 15.5. The predicted molar refractivity (Wildman–Crippen MR) is 82.5 cm³/mol. The predicted octanol–water partition coefficient (Wildman–Crippen LogP) is 3.52. The van der Waals surface area contributed by atoms with Crippen molar-refractivity contribution in [1.29, 1.82) is 0 Å². The van der Waals surface area contributed by atoms with E-state index in [1.807, 2.05) is 0 Å². The third-order valence-electron chi connectivity index (χ3n) is 3.57. The van der Waals surface area contributed by atoms with Gasteiger partial charge in [-0.15, -0.1) is 0 Å². The molecule has 0 saturated heterocycles. The lowest BCUT2D eigenvalue weighted by atomic mass is 9.74. The molecule has 1 aromatic rings. The third-order valence-corrected chi connectivity index (χ3v) is 4.13. The zero-order valence-corrected chi connectivity index (χ0v) is 12.7. The summed E-state index contributed by atoms with van der Waals surface area (Å²) >= 11 is 11.8. The van der Waals surface area contributed by atoms with Gasteiger partial charge < -0.3 is 10.4 Å². The fraction of sp³-hybridized carbons (Fsp3) is 0.333. The molecule has 0 atom stereocenters. The van der Waals surface area contributed by atoms with Gasteiger partial charge in [0.15, 0.2) is 0 Å². The number of hydrogen-bond acceptors (Lipinski definition) is 2. The Morgan fingerprint density at radius 1 is 1.33 bits per heavy atom. The van der Waals surface area contributed by atoms with Crippen LogP contribution in [0.25, 0.3) is 6.08 Å². The molecule has 1 amide bonds. The van der Waals surface area contributed by atoms with Crippen molar-refractivity contribution in [3.63, 3.8) is 0 Å². The van der Waals surface area contributed by atoms with Crippen LogP contribution < -0.4 is 5.32 Å². The first-order valence-electron chi connectivity index (χ1n) is 6.57. The molecule has 0 aromatic heterocycles.